The maximum atomic E-state index is 11.9. The lowest BCUT2D eigenvalue weighted by Crippen LogP contribution is -2.15. The molecule has 21 heavy (non-hydrogen) atoms. The Labute approximate surface area is 119 Å². The van der Waals surface area contributed by atoms with Gasteiger partial charge < -0.3 is 9.84 Å². The first-order chi connectivity index (χ1) is 10.2. The number of amides is 1. The van der Waals surface area contributed by atoms with Gasteiger partial charge in [0.05, 0.1) is 12.6 Å². The molecule has 3 rings (SSSR count). The summed E-state index contributed by atoms with van der Waals surface area (Å²) in [5.41, 5.74) is 1.19. The van der Waals surface area contributed by atoms with Crippen molar-refractivity contribution in [2.75, 3.05) is 5.32 Å². The minimum Gasteiger partial charge on any atom is -0.332 e. The third-order valence-corrected chi connectivity index (χ3v) is 2.67. The summed E-state index contributed by atoms with van der Waals surface area (Å²) in [6.07, 6.45) is 1.68. The van der Waals surface area contributed by atoms with Gasteiger partial charge in [0, 0.05) is 12.7 Å². The Kier molecular flexibility index (Phi) is 3.42. The fraction of sp³-hybridized carbons (Fsp3) is 0.154. The van der Waals surface area contributed by atoms with E-state index in [-0.39, 0.29) is 18.2 Å². The van der Waals surface area contributed by atoms with Gasteiger partial charge in [-0.2, -0.15) is 4.98 Å². The summed E-state index contributed by atoms with van der Waals surface area (Å²) in [6, 6.07) is 9.17. The minimum atomic E-state index is -0.215. The van der Waals surface area contributed by atoms with Gasteiger partial charge in [0.2, 0.25) is 5.91 Å². The number of aromatic nitrogens is 5. The van der Waals surface area contributed by atoms with Crippen molar-refractivity contribution in [3.63, 3.8) is 0 Å². The minimum absolute atomic E-state index is 0.0264. The lowest BCUT2D eigenvalue weighted by Gasteiger charge is -2.01. The molecule has 0 atom stereocenters. The third-order valence-electron chi connectivity index (χ3n) is 2.67. The lowest BCUT2D eigenvalue weighted by molar-refractivity contribution is -0.115. The lowest BCUT2D eigenvalue weighted by atomic mass is 10.3. The van der Waals surface area contributed by atoms with Crippen molar-refractivity contribution in [3.05, 3.63) is 42.4 Å². The van der Waals surface area contributed by atoms with E-state index < -0.39 is 0 Å². The Balaban J connectivity index is 1.66. The van der Waals surface area contributed by atoms with Crippen molar-refractivity contribution in [3.8, 4) is 11.6 Å². The van der Waals surface area contributed by atoms with Crippen LogP contribution in [0.25, 0.3) is 11.6 Å². The zero-order chi connectivity index (χ0) is 14.7. The molecule has 3 aromatic rings. The van der Waals surface area contributed by atoms with Gasteiger partial charge in [-0.15, -0.1) is 5.10 Å². The van der Waals surface area contributed by atoms with Crippen molar-refractivity contribution in [2.24, 2.45) is 7.05 Å². The van der Waals surface area contributed by atoms with E-state index in [0.29, 0.717) is 11.5 Å². The maximum absolute atomic E-state index is 11.9. The van der Waals surface area contributed by atoms with Gasteiger partial charge in [0.1, 0.15) is 0 Å². The van der Waals surface area contributed by atoms with Crippen LogP contribution in [0.15, 0.2) is 41.1 Å². The highest BCUT2D eigenvalue weighted by molar-refractivity contribution is 5.91. The first-order valence-corrected chi connectivity index (χ1v) is 6.25. The average molecular weight is 284 g/mol. The summed E-state index contributed by atoms with van der Waals surface area (Å²) < 4.78 is 6.59. The van der Waals surface area contributed by atoms with Gasteiger partial charge in [-0.05, 0) is 12.1 Å². The first-order valence-electron chi connectivity index (χ1n) is 6.25. The number of anilines is 1. The molecule has 0 saturated heterocycles. The third kappa shape index (κ3) is 3.11. The fourth-order valence-electron chi connectivity index (χ4n) is 1.75. The van der Waals surface area contributed by atoms with Crippen LogP contribution in [0.5, 0.6) is 0 Å². The van der Waals surface area contributed by atoms with E-state index in [1.807, 2.05) is 18.2 Å². The molecule has 2 heterocycles. The Hall–Kier alpha value is -3.03. The van der Waals surface area contributed by atoms with E-state index in [1.54, 1.807) is 25.4 Å². The molecule has 0 aliphatic heterocycles. The van der Waals surface area contributed by atoms with Crippen LogP contribution < -0.4 is 5.32 Å². The molecule has 106 valence electrons. The summed E-state index contributed by atoms with van der Waals surface area (Å²) in [7, 11) is 1.74. The van der Waals surface area contributed by atoms with Crippen LogP contribution in [0, 0.1) is 0 Å². The van der Waals surface area contributed by atoms with E-state index in [1.165, 1.54) is 4.68 Å². The highest BCUT2D eigenvalue weighted by Crippen LogP contribution is 2.13. The van der Waals surface area contributed by atoms with Crippen LogP contribution in [-0.2, 0) is 18.3 Å². The molecular formula is C13H12N6O2. The Morgan fingerprint density at radius 2 is 2.14 bits per heavy atom. The number of benzene rings is 1. The normalized spacial score (nSPS) is 10.5. The average Bonchev–Trinajstić information content (AvgIpc) is 3.09. The number of nitrogens with one attached hydrogen (secondary N) is 1. The summed E-state index contributed by atoms with van der Waals surface area (Å²) in [4.78, 5) is 16.0. The van der Waals surface area contributed by atoms with E-state index in [4.69, 9.17) is 4.52 Å². The largest absolute Gasteiger partial charge is 0.332 e. The van der Waals surface area contributed by atoms with Crippen LogP contribution >= 0.6 is 0 Å². The number of carbonyl (C=O) groups excluding carboxylic acids is 1. The molecule has 0 saturated carbocycles. The van der Waals surface area contributed by atoms with Gasteiger partial charge in [0.15, 0.2) is 11.5 Å². The Morgan fingerprint density at radius 3 is 2.86 bits per heavy atom. The number of para-hydroxylation sites is 1. The zero-order valence-electron chi connectivity index (χ0n) is 11.2. The molecule has 0 unspecified atom stereocenters. The Morgan fingerprint density at radius 1 is 1.33 bits per heavy atom. The van der Waals surface area contributed by atoms with Crippen LogP contribution in [0.3, 0.4) is 0 Å². The second-order valence-electron chi connectivity index (χ2n) is 4.38. The van der Waals surface area contributed by atoms with Crippen LogP contribution in [0.1, 0.15) is 5.82 Å². The Bertz CT molecular complexity index is 749. The highest BCUT2D eigenvalue weighted by atomic mass is 16.5. The number of carbonyl (C=O) groups is 1. The zero-order valence-corrected chi connectivity index (χ0v) is 11.2. The van der Waals surface area contributed by atoms with Gasteiger partial charge >= 0.3 is 0 Å². The van der Waals surface area contributed by atoms with E-state index in [9.17, 15) is 4.79 Å². The fourth-order valence-corrected chi connectivity index (χ4v) is 1.75. The molecule has 8 heteroatoms. The molecule has 0 aliphatic rings. The molecule has 2 aromatic heterocycles. The summed E-state index contributed by atoms with van der Waals surface area (Å²) in [5.74, 6) is 0.322. The molecule has 1 N–H and O–H groups in total. The van der Waals surface area contributed by atoms with Crippen molar-refractivity contribution in [1.29, 1.82) is 0 Å². The molecule has 0 aliphatic carbocycles. The van der Waals surface area contributed by atoms with Gasteiger partial charge in [-0.25, -0.2) is 0 Å². The topological polar surface area (TPSA) is 98.7 Å². The van der Waals surface area contributed by atoms with E-state index >= 15 is 0 Å². The number of hydrogen-bond donors (Lipinski definition) is 1. The second kappa shape index (κ2) is 5.53. The number of nitrogens with zero attached hydrogens (tertiary/aromatic N) is 5. The van der Waals surface area contributed by atoms with Gasteiger partial charge in [-0.3, -0.25) is 9.48 Å². The van der Waals surface area contributed by atoms with Crippen molar-refractivity contribution < 1.29 is 9.32 Å². The summed E-state index contributed by atoms with van der Waals surface area (Å²) >= 11 is 0. The molecule has 1 aromatic carbocycles. The van der Waals surface area contributed by atoms with Crippen molar-refractivity contribution >= 4 is 11.6 Å². The van der Waals surface area contributed by atoms with Gasteiger partial charge in [-0.1, -0.05) is 28.6 Å². The number of rotatable bonds is 4. The molecule has 8 nitrogen and oxygen atoms in total. The standard InChI is InChI=1S/C13H12N6O2/c1-19-8-10(16-18-19)13-15-11(17-21-13)7-12(20)14-9-5-3-2-4-6-9/h2-6,8H,7H2,1H3,(H,14,20). The van der Waals surface area contributed by atoms with Crippen molar-refractivity contribution in [2.45, 2.75) is 6.42 Å². The second-order valence-corrected chi connectivity index (χ2v) is 4.38. The predicted octanol–water partition coefficient (Wildman–Crippen LogP) is 1.05. The molecule has 0 fully saturated rings. The van der Waals surface area contributed by atoms with Crippen LogP contribution in [-0.4, -0.2) is 31.0 Å². The SMILES string of the molecule is Cn1cc(-c2nc(CC(=O)Nc3ccccc3)no2)nn1. The molecule has 0 spiro atoms. The quantitative estimate of drug-likeness (QED) is 0.768. The summed E-state index contributed by atoms with van der Waals surface area (Å²) in [5, 5.41) is 14.2. The highest BCUT2D eigenvalue weighted by Gasteiger charge is 2.14. The van der Waals surface area contributed by atoms with Crippen molar-refractivity contribution in [1.82, 2.24) is 25.1 Å². The maximum Gasteiger partial charge on any atom is 0.280 e. The summed E-state index contributed by atoms with van der Waals surface area (Å²) in [6.45, 7) is 0. The van der Waals surface area contributed by atoms with Crippen LogP contribution in [0.4, 0.5) is 5.69 Å². The van der Waals surface area contributed by atoms with E-state index in [2.05, 4.69) is 25.8 Å². The van der Waals surface area contributed by atoms with E-state index in [0.717, 1.165) is 5.69 Å². The molecule has 0 radical (unpaired) electrons. The number of aryl methyl sites for hydroxylation is 1. The smallest absolute Gasteiger partial charge is 0.280 e. The predicted molar refractivity (Wildman–Crippen MR) is 73.1 cm³/mol. The monoisotopic (exact) mass is 284 g/mol. The molecular weight excluding hydrogens is 272 g/mol. The first kappa shape index (κ1) is 13.0. The van der Waals surface area contributed by atoms with Crippen LogP contribution in [0.2, 0.25) is 0 Å². The molecule has 0 bridgehead atoms. The number of hydrogen-bond acceptors (Lipinski definition) is 6. The van der Waals surface area contributed by atoms with Gasteiger partial charge in [0.25, 0.3) is 5.89 Å². The molecule has 1 amide bonds.